The quantitative estimate of drug-likeness (QED) is 0.782. The smallest absolute Gasteiger partial charge is 0.236 e. The molecule has 0 unspecified atom stereocenters. The van der Waals surface area contributed by atoms with Crippen molar-refractivity contribution in [2.24, 2.45) is 5.92 Å². The molecule has 0 spiro atoms. The molecule has 1 saturated heterocycles. The van der Waals surface area contributed by atoms with Crippen LogP contribution in [0.3, 0.4) is 0 Å². The number of aliphatic hydroxyl groups is 1. The zero-order chi connectivity index (χ0) is 19.0. The fraction of sp³-hybridized carbons (Fsp3) is 0.684. The Morgan fingerprint density at radius 1 is 1.30 bits per heavy atom. The van der Waals surface area contributed by atoms with Gasteiger partial charge in [-0.05, 0) is 19.3 Å². The van der Waals surface area contributed by atoms with Crippen molar-refractivity contribution in [3.63, 3.8) is 0 Å². The van der Waals surface area contributed by atoms with E-state index >= 15 is 0 Å². The molecule has 1 aromatic rings. The van der Waals surface area contributed by atoms with E-state index in [1.54, 1.807) is 17.8 Å². The van der Waals surface area contributed by atoms with Crippen molar-refractivity contribution in [1.82, 2.24) is 19.9 Å². The highest BCUT2D eigenvalue weighted by Gasteiger charge is 2.42. The molecule has 1 aliphatic carbocycles. The van der Waals surface area contributed by atoms with Gasteiger partial charge in [0.1, 0.15) is 12.3 Å². The number of carbonyl (C=O) groups excluding carboxylic acids is 2. The molecule has 0 aromatic carbocycles. The second-order valence-corrected chi connectivity index (χ2v) is 7.87. The fourth-order valence-corrected chi connectivity index (χ4v) is 4.37. The Morgan fingerprint density at radius 2 is 2.07 bits per heavy atom. The highest BCUT2D eigenvalue weighted by molar-refractivity contribution is 6.09. The molecule has 2 fully saturated rings. The number of rotatable bonds is 5. The lowest BCUT2D eigenvalue weighted by Crippen LogP contribution is -2.40. The zero-order valence-electron chi connectivity index (χ0n) is 15.6. The van der Waals surface area contributed by atoms with Crippen LogP contribution in [0.2, 0.25) is 0 Å². The second kappa shape index (κ2) is 7.52. The molecular formula is C19H26N4O4. The van der Waals surface area contributed by atoms with Gasteiger partial charge in [0.05, 0.1) is 24.8 Å². The summed E-state index contributed by atoms with van der Waals surface area (Å²) < 4.78 is 7.69. The molecule has 3 heterocycles. The highest BCUT2D eigenvalue weighted by Crippen LogP contribution is 2.34. The van der Waals surface area contributed by atoms with E-state index in [2.05, 4.69) is 10.3 Å². The minimum absolute atomic E-state index is 0.133. The molecule has 1 aromatic heterocycles. The molecular weight excluding hydrogens is 348 g/mol. The first-order chi connectivity index (χ1) is 13.0. The van der Waals surface area contributed by atoms with Gasteiger partial charge in [-0.2, -0.15) is 0 Å². The number of ether oxygens (including phenoxy) is 1. The minimum Gasteiger partial charge on any atom is -0.394 e. The number of Topliss-reactive ketones (excluding diaryl/α,β-unsaturated/α-hetero) is 1. The summed E-state index contributed by atoms with van der Waals surface area (Å²) in [5.74, 6) is 0.263. The van der Waals surface area contributed by atoms with Gasteiger partial charge in [0, 0.05) is 24.4 Å². The van der Waals surface area contributed by atoms with Crippen molar-refractivity contribution in [2.45, 2.75) is 70.2 Å². The lowest BCUT2D eigenvalue weighted by Gasteiger charge is -2.28. The number of aromatic nitrogens is 3. The van der Waals surface area contributed by atoms with E-state index in [1.165, 1.54) is 30.6 Å². The molecule has 2 aliphatic heterocycles. The summed E-state index contributed by atoms with van der Waals surface area (Å²) in [7, 11) is 0. The summed E-state index contributed by atoms with van der Waals surface area (Å²) in [6, 6.07) is -0.191. The number of amides is 1. The summed E-state index contributed by atoms with van der Waals surface area (Å²) >= 11 is 0. The second-order valence-electron chi connectivity index (χ2n) is 7.87. The average Bonchev–Trinajstić information content (AvgIpc) is 3.38. The third kappa shape index (κ3) is 3.68. The van der Waals surface area contributed by atoms with Gasteiger partial charge in [-0.1, -0.05) is 30.9 Å². The van der Waals surface area contributed by atoms with Crippen LogP contribution >= 0.6 is 0 Å². The standard InChI is InChI=1S/C19H26N4O4/c1-12-9-22(18(26)8-16(12)25)19-7-15(17(11-24)27-19)23-10-14(20-21-23)6-13-4-2-3-5-13/h9-10,13,15,17,19,24H,2-8,11H2,1H3/t15-,17+,19+/m0/s1. The van der Waals surface area contributed by atoms with Crippen molar-refractivity contribution < 1.29 is 19.4 Å². The molecule has 0 radical (unpaired) electrons. The van der Waals surface area contributed by atoms with E-state index in [0.717, 1.165) is 12.1 Å². The molecule has 3 aliphatic rings. The van der Waals surface area contributed by atoms with Crippen LogP contribution in [-0.2, 0) is 20.7 Å². The maximum absolute atomic E-state index is 12.3. The Kier molecular flexibility index (Phi) is 5.10. The summed E-state index contributed by atoms with van der Waals surface area (Å²) in [6.07, 6.45) is 8.93. The number of carbonyl (C=O) groups is 2. The summed E-state index contributed by atoms with van der Waals surface area (Å²) in [6.45, 7) is 1.53. The lowest BCUT2D eigenvalue weighted by molar-refractivity contribution is -0.144. The van der Waals surface area contributed by atoms with Crippen molar-refractivity contribution in [1.29, 1.82) is 0 Å². The van der Waals surface area contributed by atoms with Gasteiger partial charge in [-0.15, -0.1) is 5.10 Å². The molecule has 1 amide bonds. The monoisotopic (exact) mass is 374 g/mol. The zero-order valence-corrected chi connectivity index (χ0v) is 15.6. The summed E-state index contributed by atoms with van der Waals surface area (Å²) in [5.41, 5.74) is 1.51. The maximum Gasteiger partial charge on any atom is 0.236 e. The van der Waals surface area contributed by atoms with Gasteiger partial charge in [0.25, 0.3) is 0 Å². The minimum atomic E-state index is -0.509. The average molecular weight is 374 g/mol. The lowest BCUT2D eigenvalue weighted by atomic mass is 10.0. The maximum atomic E-state index is 12.3. The van der Waals surface area contributed by atoms with Crippen LogP contribution in [0.25, 0.3) is 0 Å². The van der Waals surface area contributed by atoms with Gasteiger partial charge in [-0.3, -0.25) is 14.5 Å². The molecule has 146 valence electrons. The Hall–Kier alpha value is -2.06. The van der Waals surface area contributed by atoms with Crippen molar-refractivity contribution >= 4 is 11.7 Å². The van der Waals surface area contributed by atoms with E-state index in [1.807, 2.05) is 6.20 Å². The van der Waals surface area contributed by atoms with E-state index in [9.17, 15) is 14.7 Å². The SMILES string of the molecule is CC1=CN([C@H]2C[C@H](n3cc(CC4CCCC4)nn3)[C@@H](CO)O2)C(=O)CC1=O. The predicted octanol–water partition coefficient (Wildman–Crippen LogP) is 1.36. The largest absolute Gasteiger partial charge is 0.394 e. The highest BCUT2D eigenvalue weighted by atomic mass is 16.5. The number of hydrogen-bond donors (Lipinski definition) is 1. The van der Waals surface area contributed by atoms with Gasteiger partial charge >= 0.3 is 0 Å². The predicted molar refractivity (Wildman–Crippen MR) is 95.3 cm³/mol. The van der Waals surface area contributed by atoms with Crippen molar-refractivity contribution in [3.05, 3.63) is 23.7 Å². The third-order valence-electron chi connectivity index (χ3n) is 5.94. The van der Waals surface area contributed by atoms with E-state index in [4.69, 9.17) is 4.74 Å². The summed E-state index contributed by atoms with van der Waals surface area (Å²) in [4.78, 5) is 25.4. The molecule has 3 atom stereocenters. The van der Waals surface area contributed by atoms with E-state index in [0.29, 0.717) is 17.9 Å². The van der Waals surface area contributed by atoms with Crippen LogP contribution < -0.4 is 0 Å². The molecule has 1 N–H and O–H groups in total. The van der Waals surface area contributed by atoms with Crippen LogP contribution in [0.5, 0.6) is 0 Å². The van der Waals surface area contributed by atoms with Gasteiger partial charge < -0.3 is 9.84 Å². The van der Waals surface area contributed by atoms with Crippen LogP contribution in [-0.4, -0.2) is 55.6 Å². The molecule has 27 heavy (non-hydrogen) atoms. The van der Waals surface area contributed by atoms with E-state index in [-0.39, 0.29) is 30.8 Å². The summed E-state index contributed by atoms with van der Waals surface area (Å²) in [5, 5.41) is 18.3. The molecule has 4 rings (SSSR count). The number of hydrogen-bond acceptors (Lipinski definition) is 6. The Bertz CT molecular complexity index is 753. The number of aliphatic hydroxyl groups excluding tert-OH is 1. The first-order valence-electron chi connectivity index (χ1n) is 9.75. The Balaban J connectivity index is 1.48. The Morgan fingerprint density at radius 3 is 2.81 bits per heavy atom. The topological polar surface area (TPSA) is 97.6 Å². The normalized spacial score (nSPS) is 29.6. The number of nitrogens with zero attached hydrogens (tertiary/aromatic N) is 4. The van der Waals surface area contributed by atoms with Gasteiger partial charge in [0.15, 0.2) is 5.78 Å². The van der Waals surface area contributed by atoms with Crippen LogP contribution in [0.1, 0.15) is 57.2 Å². The Labute approximate surface area is 158 Å². The van der Waals surface area contributed by atoms with Crippen LogP contribution in [0.4, 0.5) is 0 Å². The molecule has 1 saturated carbocycles. The van der Waals surface area contributed by atoms with Gasteiger partial charge in [0.2, 0.25) is 5.91 Å². The number of allylic oxidation sites excluding steroid dienone is 1. The third-order valence-corrected chi connectivity index (χ3v) is 5.94. The van der Waals surface area contributed by atoms with Crippen molar-refractivity contribution in [3.8, 4) is 0 Å². The van der Waals surface area contributed by atoms with Gasteiger partial charge in [-0.25, -0.2) is 4.68 Å². The van der Waals surface area contributed by atoms with E-state index < -0.39 is 12.3 Å². The van der Waals surface area contributed by atoms with Crippen LogP contribution in [0.15, 0.2) is 18.0 Å². The molecule has 8 nitrogen and oxygen atoms in total. The van der Waals surface area contributed by atoms with Crippen molar-refractivity contribution in [2.75, 3.05) is 6.61 Å². The fourth-order valence-electron chi connectivity index (χ4n) is 4.37. The molecule has 0 bridgehead atoms. The number of ketones is 1. The first kappa shape index (κ1) is 18.3. The molecule has 8 heteroatoms. The first-order valence-corrected chi connectivity index (χ1v) is 9.75. The van der Waals surface area contributed by atoms with Crippen LogP contribution in [0, 0.1) is 5.92 Å².